The highest BCUT2D eigenvalue weighted by atomic mass is 19.1. The van der Waals surface area contributed by atoms with Gasteiger partial charge in [0.05, 0.1) is 18.1 Å². The van der Waals surface area contributed by atoms with E-state index >= 15 is 8.78 Å². The molecule has 6 rings (SSSR count). The molecule has 2 aromatic heterocycles. The third-order valence-electron chi connectivity index (χ3n) is 7.05. The number of benzene rings is 4. The second kappa shape index (κ2) is 8.24. The zero-order chi connectivity index (χ0) is 27.8. The molecule has 4 aromatic carbocycles. The maximum Gasteiger partial charge on any atom is 0.219 e. The van der Waals surface area contributed by atoms with Crippen molar-refractivity contribution in [3.05, 3.63) is 102 Å². The highest BCUT2D eigenvalue weighted by Gasteiger charge is 2.28. The summed E-state index contributed by atoms with van der Waals surface area (Å²) in [5.41, 5.74) is 2.94. The van der Waals surface area contributed by atoms with Crippen LogP contribution in [-0.2, 0) is 12.5 Å². The number of halogens is 2. The minimum atomic E-state index is -0.712. The third kappa shape index (κ3) is 3.71. The number of hydrogen-bond donors (Lipinski definition) is 0. The quantitative estimate of drug-likeness (QED) is 0.220. The SMILES string of the molecule is [2H]c1c(F)c(C(C)(C)C)c([2H])[n+](C)c1-c1c(C)ccc2c1oc1c(-c3ccc4ccccc4c3)c(F)ccc12. The second-order valence-corrected chi connectivity index (χ2v) is 10.7. The first-order valence-electron chi connectivity index (χ1n) is 13.3. The van der Waals surface area contributed by atoms with E-state index in [4.69, 9.17) is 7.16 Å². The smallest absolute Gasteiger partial charge is 0.219 e. The summed E-state index contributed by atoms with van der Waals surface area (Å²) in [6.45, 7) is 7.36. The topological polar surface area (TPSA) is 17.0 Å². The Morgan fingerprint density at radius 2 is 1.49 bits per heavy atom. The Labute approximate surface area is 217 Å². The van der Waals surface area contributed by atoms with Crippen LogP contribution in [0.4, 0.5) is 8.78 Å². The molecule has 0 saturated carbocycles. The number of hydrogen-bond acceptors (Lipinski definition) is 1. The van der Waals surface area contributed by atoms with Gasteiger partial charge in [-0.05, 0) is 52.4 Å². The van der Waals surface area contributed by atoms with Crippen LogP contribution in [0.25, 0.3) is 55.1 Å². The number of fused-ring (bicyclic) bond motifs is 4. The van der Waals surface area contributed by atoms with Gasteiger partial charge in [0.2, 0.25) is 5.69 Å². The molecule has 0 aliphatic rings. The van der Waals surface area contributed by atoms with Gasteiger partial charge in [-0.25, -0.2) is 13.3 Å². The van der Waals surface area contributed by atoms with Gasteiger partial charge in [0, 0.05) is 16.8 Å². The number of pyridine rings is 1. The van der Waals surface area contributed by atoms with Gasteiger partial charge in [-0.1, -0.05) is 69.3 Å². The van der Waals surface area contributed by atoms with Gasteiger partial charge in [-0.15, -0.1) is 0 Å². The van der Waals surface area contributed by atoms with Crippen LogP contribution in [0.3, 0.4) is 0 Å². The van der Waals surface area contributed by atoms with E-state index in [0.717, 1.165) is 27.1 Å². The van der Waals surface area contributed by atoms with Gasteiger partial charge in [-0.2, -0.15) is 0 Å². The molecule has 2 heterocycles. The summed E-state index contributed by atoms with van der Waals surface area (Å²) in [6.07, 6.45) is 0.00131. The standard InChI is InChI=1S/C33H28F2NO/c1-19-10-13-23-24-14-15-26(34)30(22-12-11-20-8-6-7-9-21(20)16-22)32(24)37-31(23)29(19)28-17-27(35)25(18-36(28)5)33(2,3)4/h6-18H,1-5H3/q+1/i17D,18D. The average Bonchev–Trinajstić information content (AvgIpc) is 3.26. The zero-order valence-electron chi connectivity index (χ0n) is 23.5. The van der Waals surface area contributed by atoms with Gasteiger partial charge >= 0.3 is 0 Å². The first-order valence-corrected chi connectivity index (χ1v) is 12.3. The molecule has 0 N–H and O–H groups in total. The van der Waals surface area contributed by atoms with Crippen molar-refractivity contribution in [2.45, 2.75) is 33.1 Å². The first kappa shape index (κ1) is 21.1. The van der Waals surface area contributed by atoms with Crippen molar-refractivity contribution < 1.29 is 20.5 Å². The molecule has 0 atom stereocenters. The van der Waals surface area contributed by atoms with Crippen molar-refractivity contribution in [2.24, 2.45) is 7.05 Å². The van der Waals surface area contributed by atoms with E-state index in [9.17, 15) is 0 Å². The molecular formula is C33H28F2NO+. The molecule has 0 unspecified atom stereocenters. The molecule has 37 heavy (non-hydrogen) atoms. The fraction of sp³-hybridized carbons (Fsp3) is 0.182. The van der Waals surface area contributed by atoms with E-state index in [1.54, 1.807) is 17.7 Å². The van der Waals surface area contributed by atoms with Crippen molar-refractivity contribution in [1.29, 1.82) is 0 Å². The Morgan fingerprint density at radius 3 is 2.22 bits per heavy atom. The number of nitrogens with zero attached hydrogens (tertiary/aromatic N) is 1. The highest BCUT2D eigenvalue weighted by molar-refractivity contribution is 6.13. The highest BCUT2D eigenvalue weighted by Crippen LogP contribution is 2.42. The molecule has 0 radical (unpaired) electrons. The Balaban J connectivity index is 1.69. The Morgan fingerprint density at radius 1 is 0.811 bits per heavy atom. The van der Waals surface area contributed by atoms with Crippen LogP contribution in [0.5, 0.6) is 0 Å². The maximum absolute atomic E-state index is 15.7. The second-order valence-electron chi connectivity index (χ2n) is 10.7. The lowest BCUT2D eigenvalue weighted by molar-refractivity contribution is -0.661. The first-order chi connectivity index (χ1) is 18.5. The summed E-state index contributed by atoms with van der Waals surface area (Å²) in [4.78, 5) is 0. The van der Waals surface area contributed by atoms with E-state index in [2.05, 4.69) is 0 Å². The molecule has 0 fully saturated rings. The van der Waals surface area contributed by atoms with Crippen LogP contribution >= 0.6 is 0 Å². The van der Waals surface area contributed by atoms with Gasteiger partial charge < -0.3 is 4.42 Å². The van der Waals surface area contributed by atoms with E-state index in [-0.39, 0.29) is 23.5 Å². The van der Waals surface area contributed by atoms with Crippen molar-refractivity contribution in [3.63, 3.8) is 0 Å². The van der Waals surface area contributed by atoms with Crippen LogP contribution in [0.1, 0.15) is 34.6 Å². The number of aryl methyl sites for hydroxylation is 1. The molecular weight excluding hydrogens is 464 g/mol. The molecule has 6 aromatic rings. The van der Waals surface area contributed by atoms with E-state index < -0.39 is 17.0 Å². The molecule has 0 amide bonds. The van der Waals surface area contributed by atoms with Gasteiger partial charge in [0.25, 0.3) is 0 Å². The number of aromatic nitrogens is 1. The van der Waals surface area contributed by atoms with E-state index in [0.29, 0.717) is 27.9 Å². The van der Waals surface area contributed by atoms with Crippen molar-refractivity contribution in [3.8, 4) is 22.4 Å². The minimum Gasteiger partial charge on any atom is -0.454 e. The lowest BCUT2D eigenvalue weighted by Gasteiger charge is -2.18. The molecule has 2 nitrogen and oxygen atoms in total. The Kier molecular flexibility index (Phi) is 4.69. The minimum absolute atomic E-state index is 0.00131. The predicted octanol–water partition coefficient (Wildman–Crippen LogP) is 8.78. The van der Waals surface area contributed by atoms with Gasteiger partial charge in [0.15, 0.2) is 6.17 Å². The summed E-state index contributed by atoms with van der Waals surface area (Å²) < 4.78 is 56.7. The number of furan rings is 1. The molecule has 0 saturated heterocycles. The van der Waals surface area contributed by atoms with Crippen LogP contribution in [0, 0.1) is 18.6 Å². The summed E-state index contributed by atoms with van der Waals surface area (Å²) in [5.74, 6) is -1.12. The van der Waals surface area contributed by atoms with Crippen LogP contribution < -0.4 is 4.57 Å². The zero-order valence-corrected chi connectivity index (χ0v) is 21.5. The molecule has 0 spiro atoms. The lowest BCUT2D eigenvalue weighted by atomic mass is 9.87. The fourth-order valence-electron chi connectivity index (χ4n) is 5.14. The van der Waals surface area contributed by atoms with Crippen LogP contribution in [0.15, 0.2) is 83.4 Å². The fourth-order valence-corrected chi connectivity index (χ4v) is 5.14. The van der Waals surface area contributed by atoms with Crippen LogP contribution in [-0.4, -0.2) is 0 Å². The van der Waals surface area contributed by atoms with E-state index in [1.165, 1.54) is 6.07 Å². The van der Waals surface area contributed by atoms with Crippen LogP contribution in [0.2, 0.25) is 0 Å². The Hall–Kier alpha value is -4.05. The van der Waals surface area contributed by atoms with Crippen molar-refractivity contribution >= 4 is 32.7 Å². The summed E-state index contributed by atoms with van der Waals surface area (Å²) in [6, 6.07) is 20.3. The summed E-state index contributed by atoms with van der Waals surface area (Å²) >= 11 is 0. The average molecular weight is 495 g/mol. The predicted molar refractivity (Wildman–Crippen MR) is 147 cm³/mol. The Bertz CT molecular complexity index is 1940. The lowest BCUT2D eigenvalue weighted by Crippen LogP contribution is -2.34. The molecule has 184 valence electrons. The summed E-state index contributed by atoms with van der Waals surface area (Å²) in [7, 11) is 1.67. The van der Waals surface area contributed by atoms with Crippen molar-refractivity contribution in [2.75, 3.05) is 0 Å². The van der Waals surface area contributed by atoms with Crippen molar-refractivity contribution in [1.82, 2.24) is 0 Å². The maximum atomic E-state index is 15.7. The molecule has 0 aliphatic heterocycles. The molecule has 4 heteroatoms. The third-order valence-corrected chi connectivity index (χ3v) is 7.05. The van der Waals surface area contributed by atoms with Gasteiger partial charge in [-0.3, -0.25) is 0 Å². The van der Waals surface area contributed by atoms with E-state index in [1.807, 2.05) is 82.3 Å². The monoisotopic (exact) mass is 494 g/mol. The number of rotatable bonds is 2. The largest absolute Gasteiger partial charge is 0.454 e. The molecule has 0 bridgehead atoms. The summed E-state index contributed by atoms with van der Waals surface area (Å²) in [5, 5.41) is 3.50. The normalized spacial score (nSPS) is 12.9. The molecule has 0 aliphatic carbocycles. The van der Waals surface area contributed by atoms with Gasteiger partial charge in [0.1, 0.15) is 31.2 Å².